The molecule has 0 aromatic heterocycles. The minimum Gasteiger partial charge on any atom is -0.468 e. The van der Waals surface area contributed by atoms with Gasteiger partial charge in [-0.05, 0) is 65.6 Å². The first-order chi connectivity index (χ1) is 18.9. The smallest absolute Gasteiger partial charge is 0.323 e. The van der Waals surface area contributed by atoms with Gasteiger partial charge in [0.15, 0.2) is 13.7 Å². The van der Waals surface area contributed by atoms with Gasteiger partial charge in [-0.2, -0.15) is 0 Å². The molecule has 0 spiro atoms. The van der Waals surface area contributed by atoms with Crippen LogP contribution >= 0.6 is 0 Å². The standard InChI is InChI=1S/C33H48O5Si2/c1-9-10-13-18-26-23-33(30(34)36-5,31(35)37-6)24-27(26)25-39(7,8)38-40(32(2,3)4,28-19-14-11-15-20-28)29-21-16-12-17-22-29/h11-22,26-27H,9-10,23-25H2,1-8H3/b18-13+/t26-,27+/m1/s1. The van der Waals surface area contributed by atoms with Crippen molar-refractivity contribution in [1.82, 2.24) is 0 Å². The van der Waals surface area contributed by atoms with Gasteiger partial charge in [-0.15, -0.1) is 0 Å². The zero-order valence-corrected chi connectivity index (χ0v) is 27.7. The molecule has 1 saturated carbocycles. The Bertz CT molecular complexity index is 1100. The van der Waals surface area contributed by atoms with Crippen molar-refractivity contribution in [3.63, 3.8) is 0 Å². The Kier molecular flexibility index (Phi) is 10.4. The normalized spacial score (nSPS) is 19.5. The first-order valence-electron chi connectivity index (χ1n) is 14.5. The first-order valence-corrected chi connectivity index (χ1v) is 19.5. The average molecular weight is 581 g/mol. The molecule has 0 aliphatic heterocycles. The van der Waals surface area contributed by atoms with E-state index in [0.717, 1.165) is 18.9 Å². The molecule has 1 aliphatic carbocycles. The molecule has 7 heteroatoms. The summed E-state index contributed by atoms with van der Waals surface area (Å²) in [5.41, 5.74) is -1.28. The number of hydrogen-bond donors (Lipinski definition) is 0. The summed E-state index contributed by atoms with van der Waals surface area (Å²) in [6.45, 7) is 13.7. The summed E-state index contributed by atoms with van der Waals surface area (Å²) < 4.78 is 18.0. The molecular formula is C33H48O5Si2. The highest BCUT2D eigenvalue weighted by molar-refractivity contribution is 7.04. The molecule has 2 atom stereocenters. The first kappa shape index (κ1) is 32.0. The molecule has 40 heavy (non-hydrogen) atoms. The minimum absolute atomic E-state index is 0.0688. The Morgan fingerprint density at radius 2 is 1.40 bits per heavy atom. The summed E-state index contributed by atoms with van der Waals surface area (Å²) in [5.74, 6) is -0.822. The fourth-order valence-corrected chi connectivity index (χ4v) is 17.6. The lowest BCUT2D eigenvalue weighted by Crippen LogP contribution is -2.70. The maximum atomic E-state index is 13.1. The van der Waals surface area contributed by atoms with Gasteiger partial charge in [-0.1, -0.05) is 107 Å². The van der Waals surface area contributed by atoms with Crippen molar-refractivity contribution in [2.24, 2.45) is 17.3 Å². The van der Waals surface area contributed by atoms with E-state index in [2.05, 4.69) is 114 Å². The van der Waals surface area contributed by atoms with Crippen molar-refractivity contribution in [1.29, 1.82) is 0 Å². The molecule has 0 heterocycles. The van der Waals surface area contributed by atoms with Crippen molar-refractivity contribution in [2.75, 3.05) is 14.2 Å². The second kappa shape index (κ2) is 13.0. The topological polar surface area (TPSA) is 61.8 Å². The predicted molar refractivity (Wildman–Crippen MR) is 168 cm³/mol. The summed E-state index contributed by atoms with van der Waals surface area (Å²) in [7, 11) is -2.43. The van der Waals surface area contributed by atoms with E-state index in [1.807, 2.05) is 0 Å². The number of hydrogen-bond acceptors (Lipinski definition) is 5. The van der Waals surface area contributed by atoms with Crippen LogP contribution in [-0.4, -0.2) is 42.8 Å². The number of unbranched alkanes of at least 4 members (excludes halogenated alkanes) is 1. The minimum atomic E-state index is -2.74. The molecule has 2 aromatic rings. The van der Waals surface area contributed by atoms with E-state index in [0.29, 0.717) is 12.8 Å². The molecule has 0 bridgehead atoms. The molecule has 1 fully saturated rings. The van der Waals surface area contributed by atoms with Crippen molar-refractivity contribution in [3.8, 4) is 0 Å². The maximum absolute atomic E-state index is 13.1. The third-order valence-electron chi connectivity index (χ3n) is 8.39. The molecule has 0 unspecified atom stereocenters. The molecule has 0 N–H and O–H groups in total. The van der Waals surface area contributed by atoms with Crippen LogP contribution in [0.5, 0.6) is 0 Å². The van der Waals surface area contributed by atoms with Crippen LogP contribution in [0.25, 0.3) is 0 Å². The van der Waals surface area contributed by atoms with Gasteiger partial charge in [0.25, 0.3) is 8.32 Å². The zero-order valence-electron chi connectivity index (χ0n) is 25.7. The van der Waals surface area contributed by atoms with Gasteiger partial charge in [0.1, 0.15) is 0 Å². The zero-order chi connectivity index (χ0) is 29.6. The fourth-order valence-electron chi connectivity index (χ4n) is 6.68. The summed E-state index contributed by atoms with van der Waals surface area (Å²) in [5, 5.41) is 2.40. The van der Waals surface area contributed by atoms with E-state index < -0.39 is 34.0 Å². The SMILES string of the molecule is CCC/C=C/[C@@H]1CC(C(=O)OC)(C(=O)OC)C[C@H]1C[Si](C)(C)O[Si](c1ccccc1)(c1ccccc1)C(C)(C)C. The van der Waals surface area contributed by atoms with Crippen LogP contribution in [-0.2, 0) is 23.2 Å². The van der Waals surface area contributed by atoms with Crippen LogP contribution in [0.4, 0.5) is 0 Å². The third-order valence-corrected chi connectivity index (χ3v) is 17.7. The predicted octanol–water partition coefficient (Wildman–Crippen LogP) is 6.48. The van der Waals surface area contributed by atoms with Gasteiger partial charge in [0.05, 0.1) is 14.2 Å². The van der Waals surface area contributed by atoms with Crippen LogP contribution in [0.1, 0.15) is 53.4 Å². The number of methoxy groups -OCH3 is 2. The summed E-state index contributed by atoms with van der Waals surface area (Å²) in [6, 6.07) is 22.3. The van der Waals surface area contributed by atoms with E-state index in [4.69, 9.17) is 13.6 Å². The summed E-state index contributed by atoms with van der Waals surface area (Å²) in [6.07, 6.45) is 7.24. The van der Waals surface area contributed by atoms with Crippen molar-refractivity contribution in [2.45, 2.75) is 77.6 Å². The van der Waals surface area contributed by atoms with E-state index in [1.165, 1.54) is 24.6 Å². The lowest BCUT2D eigenvalue weighted by molar-refractivity contribution is -0.169. The third kappa shape index (κ3) is 6.53. The molecule has 0 saturated heterocycles. The Morgan fingerprint density at radius 3 is 1.82 bits per heavy atom. The number of carbonyl (C=O) groups is 2. The molecule has 0 radical (unpaired) electrons. The molecule has 0 amide bonds. The van der Waals surface area contributed by atoms with E-state index in [1.54, 1.807) is 0 Å². The van der Waals surface area contributed by atoms with Gasteiger partial charge >= 0.3 is 11.9 Å². The highest BCUT2D eigenvalue weighted by Gasteiger charge is 2.59. The van der Waals surface area contributed by atoms with Crippen molar-refractivity contribution < 1.29 is 23.2 Å². The van der Waals surface area contributed by atoms with Crippen molar-refractivity contribution >= 4 is 38.9 Å². The molecule has 2 aromatic carbocycles. The van der Waals surface area contributed by atoms with E-state index in [-0.39, 0.29) is 16.9 Å². The monoisotopic (exact) mass is 580 g/mol. The Hall–Kier alpha value is -2.49. The molecule has 3 rings (SSSR count). The quantitative estimate of drug-likeness (QED) is 0.132. The van der Waals surface area contributed by atoms with Crippen LogP contribution in [0, 0.1) is 17.3 Å². The second-order valence-electron chi connectivity index (χ2n) is 12.8. The largest absolute Gasteiger partial charge is 0.468 e. The number of esters is 2. The molecule has 1 aliphatic rings. The number of carbonyl (C=O) groups excluding carboxylic acids is 2. The summed E-state index contributed by atoms with van der Waals surface area (Å²) >= 11 is 0. The van der Waals surface area contributed by atoms with Gasteiger partial charge in [-0.25, -0.2) is 0 Å². The van der Waals surface area contributed by atoms with Gasteiger partial charge < -0.3 is 13.6 Å². The lowest BCUT2D eigenvalue weighted by atomic mass is 9.85. The molecular weight excluding hydrogens is 533 g/mol. The van der Waals surface area contributed by atoms with Crippen LogP contribution in [0.3, 0.4) is 0 Å². The lowest BCUT2D eigenvalue weighted by Gasteiger charge is -2.48. The maximum Gasteiger partial charge on any atom is 0.323 e. The number of rotatable bonds is 11. The Labute approximate surface area is 243 Å². The second-order valence-corrected chi connectivity index (χ2v) is 21.6. The van der Waals surface area contributed by atoms with Crippen LogP contribution in [0.15, 0.2) is 72.8 Å². The molecule has 5 nitrogen and oxygen atoms in total. The fraction of sp³-hybridized carbons (Fsp3) is 0.515. The van der Waals surface area contributed by atoms with Gasteiger partial charge in [0, 0.05) is 0 Å². The molecule has 218 valence electrons. The highest BCUT2D eigenvalue weighted by atomic mass is 28.4. The average Bonchev–Trinajstić information content (AvgIpc) is 3.29. The number of ether oxygens (including phenoxy) is 2. The van der Waals surface area contributed by atoms with Gasteiger partial charge in [-0.3, -0.25) is 9.59 Å². The highest BCUT2D eigenvalue weighted by Crippen LogP contribution is 2.51. The van der Waals surface area contributed by atoms with E-state index >= 15 is 0 Å². The van der Waals surface area contributed by atoms with E-state index in [9.17, 15) is 9.59 Å². The number of allylic oxidation sites excluding steroid dienone is 2. The van der Waals surface area contributed by atoms with Crippen molar-refractivity contribution in [3.05, 3.63) is 72.8 Å². The Balaban J connectivity index is 2.08. The van der Waals surface area contributed by atoms with Crippen LogP contribution in [0.2, 0.25) is 24.2 Å². The number of benzene rings is 2. The van der Waals surface area contributed by atoms with Crippen LogP contribution < -0.4 is 10.4 Å². The van der Waals surface area contributed by atoms with Gasteiger partial charge in [0.2, 0.25) is 0 Å². The Morgan fingerprint density at radius 1 is 0.900 bits per heavy atom. The summed E-state index contributed by atoms with van der Waals surface area (Å²) in [4.78, 5) is 26.2.